The first-order valence-electron chi connectivity index (χ1n) is 6.21. The van der Waals surface area contributed by atoms with Gasteiger partial charge < -0.3 is 10.4 Å². The molecule has 18 heavy (non-hydrogen) atoms. The molecule has 0 bridgehead atoms. The van der Waals surface area contributed by atoms with Gasteiger partial charge in [0, 0.05) is 11.2 Å². The number of carboxylic acids is 1. The molecule has 0 aliphatic rings. The van der Waals surface area contributed by atoms with Gasteiger partial charge in [0.05, 0.1) is 5.56 Å². The molecule has 100 valence electrons. The van der Waals surface area contributed by atoms with Crippen LogP contribution in [0.5, 0.6) is 0 Å². The predicted octanol–water partition coefficient (Wildman–Crippen LogP) is 4.01. The summed E-state index contributed by atoms with van der Waals surface area (Å²) in [5.41, 5.74) is 1.04. The Morgan fingerprint density at radius 3 is 2.22 bits per heavy atom. The van der Waals surface area contributed by atoms with Gasteiger partial charge in [-0.05, 0) is 37.8 Å². The number of hydrogen-bond acceptors (Lipinski definition) is 2. The monoisotopic (exact) mass is 249 g/mol. The number of anilines is 1. The van der Waals surface area contributed by atoms with Crippen LogP contribution in [0.4, 0.5) is 5.69 Å². The molecule has 2 N–H and O–H groups in total. The number of benzene rings is 1. The summed E-state index contributed by atoms with van der Waals surface area (Å²) in [5.74, 6) is -0.898. The molecule has 0 aliphatic carbocycles. The first-order valence-corrected chi connectivity index (χ1v) is 6.21. The van der Waals surface area contributed by atoms with Crippen LogP contribution in [0.25, 0.3) is 0 Å². The highest BCUT2D eigenvalue weighted by Crippen LogP contribution is 2.30. The van der Waals surface area contributed by atoms with Crippen LogP contribution in [0, 0.1) is 5.41 Å². The Hall–Kier alpha value is -1.51. The van der Waals surface area contributed by atoms with Crippen LogP contribution in [-0.4, -0.2) is 16.6 Å². The molecule has 0 radical (unpaired) electrons. The Labute approximate surface area is 109 Å². The van der Waals surface area contributed by atoms with Crippen molar-refractivity contribution in [3.05, 3.63) is 29.8 Å². The summed E-state index contributed by atoms with van der Waals surface area (Å²) in [6, 6.07) is 7.03. The zero-order valence-corrected chi connectivity index (χ0v) is 11.9. The van der Waals surface area contributed by atoms with Gasteiger partial charge in [-0.2, -0.15) is 0 Å². The molecule has 1 aromatic rings. The maximum atomic E-state index is 11.2. The van der Waals surface area contributed by atoms with Crippen molar-refractivity contribution < 1.29 is 9.90 Å². The van der Waals surface area contributed by atoms with Crippen LogP contribution in [0.1, 0.15) is 51.4 Å². The Balaban J connectivity index is 2.94. The van der Waals surface area contributed by atoms with E-state index in [1.54, 1.807) is 12.1 Å². The van der Waals surface area contributed by atoms with Crippen LogP contribution in [0.15, 0.2) is 24.3 Å². The average Bonchev–Trinajstić information content (AvgIpc) is 2.13. The van der Waals surface area contributed by atoms with Crippen molar-refractivity contribution >= 4 is 11.7 Å². The summed E-state index contributed by atoms with van der Waals surface area (Å²) in [4.78, 5) is 11.2. The smallest absolute Gasteiger partial charge is 0.337 e. The number of nitrogens with one attached hydrogen (secondary N) is 1. The van der Waals surface area contributed by atoms with E-state index in [1.807, 2.05) is 12.1 Å². The van der Waals surface area contributed by atoms with Crippen molar-refractivity contribution in [2.24, 2.45) is 5.41 Å². The second kappa shape index (κ2) is 5.01. The van der Waals surface area contributed by atoms with Gasteiger partial charge in [-0.15, -0.1) is 0 Å². The van der Waals surface area contributed by atoms with E-state index >= 15 is 0 Å². The molecule has 0 fully saturated rings. The van der Waals surface area contributed by atoms with E-state index in [0.29, 0.717) is 11.3 Å². The summed E-state index contributed by atoms with van der Waals surface area (Å²) in [7, 11) is 0. The van der Waals surface area contributed by atoms with E-state index < -0.39 is 5.97 Å². The van der Waals surface area contributed by atoms with Gasteiger partial charge in [0.15, 0.2) is 0 Å². The Morgan fingerprint density at radius 2 is 1.72 bits per heavy atom. The third kappa shape index (κ3) is 4.40. The summed E-state index contributed by atoms with van der Waals surface area (Å²) in [6.45, 7) is 10.7. The first kappa shape index (κ1) is 14.6. The lowest BCUT2D eigenvalue weighted by molar-refractivity contribution is 0.0698. The zero-order chi connectivity index (χ0) is 14.0. The minimum Gasteiger partial charge on any atom is -0.478 e. The number of rotatable bonds is 4. The molecule has 1 rings (SSSR count). The summed E-state index contributed by atoms with van der Waals surface area (Å²) in [5, 5.41) is 12.5. The van der Waals surface area contributed by atoms with Gasteiger partial charge in [0.1, 0.15) is 0 Å². The highest BCUT2D eigenvalue weighted by molar-refractivity contribution is 5.94. The third-order valence-electron chi connectivity index (χ3n) is 2.60. The number of carboxylic acid groups (broad SMARTS) is 1. The summed E-state index contributed by atoms with van der Waals surface area (Å²) < 4.78 is 0. The van der Waals surface area contributed by atoms with Gasteiger partial charge in [-0.1, -0.05) is 32.9 Å². The molecule has 0 atom stereocenters. The normalized spacial score (nSPS) is 12.3. The molecule has 0 spiro atoms. The molecule has 0 heterocycles. The van der Waals surface area contributed by atoms with Crippen molar-refractivity contribution in [1.82, 2.24) is 0 Å². The molecule has 0 aliphatic heterocycles. The van der Waals surface area contributed by atoms with Gasteiger partial charge in [0.2, 0.25) is 0 Å². The minimum atomic E-state index is -0.898. The van der Waals surface area contributed by atoms with Gasteiger partial charge >= 0.3 is 5.97 Å². The molecule has 1 aromatic carbocycles. The fourth-order valence-electron chi connectivity index (χ4n) is 2.51. The second-order valence-corrected chi connectivity index (χ2v) is 6.60. The molecule has 3 heteroatoms. The zero-order valence-electron chi connectivity index (χ0n) is 11.9. The highest BCUT2D eigenvalue weighted by atomic mass is 16.4. The quantitative estimate of drug-likeness (QED) is 0.847. The van der Waals surface area contributed by atoms with Crippen LogP contribution in [0.3, 0.4) is 0 Å². The van der Waals surface area contributed by atoms with Gasteiger partial charge in [-0.3, -0.25) is 0 Å². The van der Waals surface area contributed by atoms with E-state index in [9.17, 15) is 4.79 Å². The molecule has 0 aromatic heterocycles. The Bertz CT molecular complexity index is 430. The number of aromatic carboxylic acids is 1. The number of carbonyl (C=O) groups is 1. The van der Waals surface area contributed by atoms with E-state index in [4.69, 9.17) is 5.11 Å². The molecule has 0 saturated heterocycles. The van der Waals surface area contributed by atoms with Crippen molar-refractivity contribution in [1.29, 1.82) is 0 Å². The van der Waals surface area contributed by atoms with Gasteiger partial charge in [-0.25, -0.2) is 4.79 Å². The lowest BCUT2D eigenvalue weighted by Crippen LogP contribution is -2.35. The average molecular weight is 249 g/mol. The number of para-hydroxylation sites is 1. The third-order valence-corrected chi connectivity index (χ3v) is 2.60. The lowest BCUT2D eigenvalue weighted by Gasteiger charge is -2.34. The van der Waals surface area contributed by atoms with Crippen molar-refractivity contribution in [2.75, 3.05) is 5.32 Å². The van der Waals surface area contributed by atoms with E-state index in [2.05, 4.69) is 39.9 Å². The highest BCUT2D eigenvalue weighted by Gasteiger charge is 2.26. The lowest BCUT2D eigenvalue weighted by atomic mass is 9.81. The van der Waals surface area contributed by atoms with Crippen molar-refractivity contribution in [3.8, 4) is 0 Å². The minimum absolute atomic E-state index is 0.149. The molecule has 0 amide bonds. The largest absolute Gasteiger partial charge is 0.478 e. The maximum Gasteiger partial charge on any atom is 0.337 e. The number of hydrogen-bond donors (Lipinski definition) is 2. The first-order chi connectivity index (χ1) is 8.11. The van der Waals surface area contributed by atoms with Crippen LogP contribution in [0.2, 0.25) is 0 Å². The standard InChI is InChI=1S/C15H23NO2/c1-14(2,3)10-15(4,5)16-12-9-7-6-8-11(12)13(17)18/h6-9,16H,10H2,1-5H3,(H,17,18). The predicted molar refractivity (Wildman–Crippen MR) is 75.2 cm³/mol. The maximum absolute atomic E-state index is 11.2. The Kier molecular flexibility index (Phi) is 4.05. The fraction of sp³-hybridized carbons (Fsp3) is 0.533. The molecule has 0 unspecified atom stereocenters. The van der Waals surface area contributed by atoms with E-state index in [1.165, 1.54) is 0 Å². The fourth-order valence-corrected chi connectivity index (χ4v) is 2.51. The Morgan fingerprint density at radius 1 is 1.17 bits per heavy atom. The van der Waals surface area contributed by atoms with Crippen LogP contribution >= 0.6 is 0 Å². The topological polar surface area (TPSA) is 49.3 Å². The van der Waals surface area contributed by atoms with Crippen molar-refractivity contribution in [2.45, 2.75) is 46.6 Å². The summed E-state index contributed by atoms with van der Waals surface area (Å²) in [6.07, 6.45) is 0.952. The summed E-state index contributed by atoms with van der Waals surface area (Å²) >= 11 is 0. The van der Waals surface area contributed by atoms with E-state index in [-0.39, 0.29) is 11.0 Å². The van der Waals surface area contributed by atoms with Gasteiger partial charge in [0.25, 0.3) is 0 Å². The van der Waals surface area contributed by atoms with E-state index in [0.717, 1.165) is 6.42 Å². The SMILES string of the molecule is CC(C)(C)CC(C)(C)Nc1ccccc1C(=O)O. The van der Waals surface area contributed by atoms with Crippen LogP contribution in [-0.2, 0) is 0 Å². The molecular weight excluding hydrogens is 226 g/mol. The van der Waals surface area contributed by atoms with Crippen molar-refractivity contribution in [3.63, 3.8) is 0 Å². The molecular formula is C15H23NO2. The second-order valence-electron chi connectivity index (χ2n) is 6.60. The molecule has 0 saturated carbocycles. The molecule has 3 nitrogen and oxygen atoms in total. The van der Waals surface area contributed by atoms with Crippen LogP contribution < -0.4 is 5.32 Å².